The Bertz CT molecular complexity index is 390. The monoisotopic (exact) mass is 405 g/mol. The van der Waals surface area contributed by atoms with E-state index in [1.807, 2.05) is 18.2 Å². The highest BCUT2D eigenvalue weighted by Gasteiger charge is 2.05. The summed E-state index contributed by atoms with van der Waals surface area (Å²) in [5.74, 6) is 1.83. The van der Waals surface area contributed by atoms with E-state index in [4.69, 9.17) is 4.42 Å². The van der Waals surface area contributed by atoms with Gasteiger partial charge in [-0.15, -0.1) is 30.6 Å². The van der Waals surface area contributed by atoms with Crippen LogP contribution in [0.25, 0.3) is 0 Å². The predicted molar refractivity (Wildman–Crippen MR) is 100 cm³/mol. The molecule has 21 heavy (non-hydrogen) atoms. The molecule has 0 saturated heterocycles. The number of hydrogen-bond donors (Lipinski definition) is 1. The predicted octanol–water partition coefficient (Wildman–Crippen LogP) is 4.04. The van der Waals surface area contributed by atoms with E-state index in [2.05, 4.69) is 35.8 Å². The summed E-state index contributed by atoms with van der Waals surface area (Å²) in [5, 5.41) is 3.31. The number of allylic oxidation sites excluding steroid dienone is 1. The lowest BCUT2D eigenvalue weighted by Crippen LogP contribution is -2.39. The molecule has 0 fully saturated rings. The average Bonchev–Trinajstić information content (AvgIpc) is 2.96. The molecule has 0 unspecified atom stereocenters. The number of halogens is 1. The molecule has 0 atom stereocenters. The number of nitrogens with zero attached hydrogens (tertiary/aromatic N) is 2. The average molecular weight is 405 g/mol. The summed E-state index contributed by atoms with van der Waals surface area (Å²) in [6, 6.07) is 3.84. The van der Waals surface area contributed by atoms with Crippen molar-refractivity contribution in [3.63, 3.8) is 0 Å². The van der Waals surface area contributed by atoms with Gasteiger partial charge in [0, 0.05) is 20.1 Å². The van der Waals surface area contributed by atoms with Gasteiger partial charge in [-0.2, -0.15) is 0 Å². The minimum absolute atomic E-state index is 0. The summed E-state index contributed by atoms with van der Waals surface area (Å²) in [5.41, 5.74) is 0. The van der Waals surface area contributed by atoms with E-state index in [9.17, 15) is 0 Å². The third kappa shape index (κ3) is 8.80. The van der Waals surface area contributed by atoms with Crippen LogP contribution in [0.1, 0.15) is 38.4 Å². The third-order valence-corrected chi connectivity index (χ3v) is 3.06. The lowest BCUT2D eigenvalue weighted by Gasteiger charge is -2.21. The third-order valence-electron chi connectivity index (χ3n) is 3.06. The van der Waals surface area contributed by atoms with Gasteiger partial charge in [0.15, 0.2) is 5.96 Å². The highest BCUT2D eigenvalue weighted by molar-refractivity contribution is 14.0. The molecule has 0 saturated carbocycles. The molecule has 1 heterocycles. The van der Waals surface area contributed by atoms with Crippen molar-refractivity contribution in [2.45, 2.75) is 39.2 Å². The first kappa shape index (κ1) is 20.0. The fourth-order valence-corrected chi connectivity index (χ4v) is 1.95. The van der Waals surface area contributed by atoms with E-state index >= 15 is 0 Å². The zero-order chi connectivity index (χ0) is 14.6. The first-order valence-corrected chi connectivity index (χ1v) is 7.40. The maximum atomic E-state index is 5.30. The summed E-state index contributed by atoms with van der Waals surface area (Å²) in [7, 11) is 2.08. The molecule has 120 valence electrons. The lowest BCUT2D eigenvalue weighted by atomic mass is 10.2. The number of furan rings is 1. The Morgan fingerprint density at radius 1 is 1.43 bits per heavy atom. The van der Waals surface area contributed by atoms with E-state index in [1.54, 1.807) is 6.26 Å². The zero-order valence-electron chi connectivity index (χ0n) is 13.2. The van der Waals surface area contributed by atoms with Crippen molar-refractivity contribution in [3.8, 4) is 0 Å². The number of rotatable bonds is 9. The lowest BCUT2D eigenvalue weighted by molar-refractivity contribution is 0.452. The number of unbranched alkanes of at least 4 members (excludes halogenated alkanes) is 3. The molecule has 4 nitrogen and oxygen atoms in total. The van der Waals surface area contributed by atoms with Crippen LogP contribution in [0.2, 0.25) is 0 Å². The maximum Gasteiger partial charge on any atom is 0.194 e. The molecule has 5 heteroatoms. The minimum atomic E-state index is 0. The number of aliphatic imine (C=N–C) groups is 1. The van der Waals surface area contributed by atoms with Gasteiger partial charge in [-0.1, -0.05) is 12.5 Å². The zero-order valence-corrected chi connectivity index (χ0v) is 15.5. The SMILES string of the molecule is C=CCCCCCN(C)C(=NCc1ccco1)NCC.I. The Hall–Kier alpha value is -0.980. The van der Waals surface area contributed by atoms with Crippen LogP contribution >= 0.6 is 24.0 Å². The van der Waals surface area contributed by atoms with Crippen molar-refractivity contribution >= 4 is 29.9 Å². The largest absolute Gasteiger partial charge is 0.467 e. The summed E-state index contributed by atoms with van der Waals surface area (Å²) in [6.45, 7) is 8.30. The van der Waals surface area contributed by atoms with Gasteiger partial charge in [-0.25, -0.2) is 4.99 Å². The Morgan fingerprint density at radius 2 is 2.24 bits per heavy atom. The van der Waals surface area contributed by atoms with Gasteiger partial charge in [0.05, 0.1) is 6.26 Å². The van der Waals surface area contributed by atoms with Crippen LogP contribution in [0.5, 0.6) is 0 Å². The number of hydrogen-bond acceptors (Lipinski definition) is 2. The molecule has 0 aliphatic rings. The van der Waals surface area contributed by atoms with Crippen molar-refractivity contribution < 1.29 is 4.42 Å². The minimum Gasteiger partial charge on any atom is -0.467 e. The van der Waals surface area contributed by atoms with Crippen molar-refractivity contribution in [2.75, 3.05) is 20.1 Å². The summed E-state index contributed by atoms with van der Waals surface area (Å²) in [6.07, 6.45) is 8.40. The second kappa shape index (κ2) is 12.7. The Kier molecular flexibility index (Phi) is 12.1. The van der Waals surface area contributed by atoms with Gasteiger partial charge in [-0.05, 0) is 38.3 Å². The van der Waals surface area contributed by atoms with Crippen LogP contribution in [0.3, 0.4) is 0 Å². The highest BCUT2D eigenvalue weighted by atomic mass is 127. The topological polar surface area (TPSA) is 40.8 Å². The van der Waals surface area contributed by atoms with E-state index in [-0.39, 0.29) is 24.0 Å². The van der Waals surface area contributed by atoms with Gasteiger partial charge in [0.25, 0.3) is 0 Å². The fourth-order valence-electron chi connectivity index (χ4n) is 1.95. The Balaban J connectivity index is 0.00000400. The molecule has 0 aliphatic heterocycles. The van der Waals surface area contributed by atoms with Crippen LogP contribution < -0.4 is 5.32 Å². The second-order valence-electron chi connectivity index (χ2n) is 4.81. The van der Waals surface area contributed by atoms with Crippen molar-refractivity contribution in [2.24, 2.45) is 4.99 Å². The van der Waals surface area contributed by atoms with Crippen molar-refractivity contribution in [1.82, 2.24) is 10.2 Å². The molecular weight excluding hydrogens is 377 g/mol. The Morgan fingerprint density at radius 3 is 2.86 bits per heavy atom. The summed E-state index contributed by atoms with van der Waals surface area (Å²) < 4.78 is 5.30. The standard InChI is InChI=1S/C16H27N3O.HI/c1-4-6-7-8-9-12-19(3)16(17-5-2)18-14-15-11-10-13-20-15;/h4,10-11,13H,1,5-9,12,14H2,2-3H3,(H,17,18);1H. The smallest absolute Gasteiger partial charge is 0.194 e. The summed E-state index contributed by atoms with van der Waals surface area (Å²) in [4.78, 5) is 6.77. The maximum absolute atomic E-state index is 5.30. The van der Waals surface area contributed by atoms with Crippen LogP contribution in [0, 0.1) is 0 Å². The molecule has 0 aliphatic carbocycles. The van der Waals surface area contributed by atoms with Crippen LogP contribution in [-0.4, -0.2) is 31.0 Å². The van der Waals surface area contributed by atoms with E-state index in [0.29, 0.717) is 6.54 Å². The van der Waals surface area contributed by atoms with Gasteiger partial charge in [-0.3, -0.25) is 0 Å². The van der Waals surface area contributed by atoms with Crippen molar-refractivity contribution in [1.29, 1.82) is 0 Å². The normalized spacial score (nSPS) is 10.9. The molecule has 0 amide bonds. The van der Waals surface area contributed by atoms with Gasteiger partial charge >= 0.3 is 0 Å². The number of nitrogens with one attached hydrogen (secondary N) is 1. The molecule has 0 aromatic carbocycles. The quantitative estimate of drug-likeness (QED) is 0.222. The Labute approximate surface area is 145 Å². The fraction of sp³-hybridized carbons (Fsp3) is 0.562. The van der Waals surface area contributed by atoms with Crippen molar-refractivity contribution in [3.05, 3.63) is 36.8 Å². The first-order chi connectivity index (χ1) is 9.77. The van der Waals surface area contributed by atoms with Crippen LogP contribution in [-0.2, 0) is 6.54 Å². The molecule has 1 aromatic heterocycles. The molecule has 0 bridgehead atoms. The molecule has 0 spiro atoms. The molecule has 1 aromatic rings. The van der Waals surface area contributed by atoms with E-state index in [1.165, 1.54) is 19.3 Å². The van der Waals surface area contributed by atoms with Gasteiger partial charge in [0.1, 0.15) is 12.3 Å². The molecular formula is C16H28IN3O. The number of guanidine groups is 1. The van der Waals surface area contributed by atoms with Crippen LogP contribution in [0.4, 0.5) is 0 Å². The van der Waals surface area contributed by atoms with Gasteiger partial charge in [0.2, 0.25) is 0 Å². The summed E-state index contributed by atoms with van der Waals surface area (Å²) >= 11 is 0. The molecule has 0 radical (unpaired) electrons. The molecule has 1 N–H and O–H groups in total. The van der Waals surface area contributed by atoms with Gasteiger partial charge < -0.3 is 14.6 Å². The van der Waals surface area contributed by atoms with Crippen LogP contribution in [0.15, 0.2) is 40.5 Å². The first-order valence-electron chi connectivity index (χ1n) is 7.40. The second-order valence-corrected chi connectivity index (χ2v) is 4.81. The van der Waals surface area contributed by atoms with E-state index in [0.717, 1.165) is 31.2 Å². The molecule has 1 rings (SSSR count). The van der Waals surface area contributed by atoms with E-state index < -0.39 is 0 Å². The highest BCUT2D eigenvalue weighted by Crippen LogP contribution is 2.04.